The molecule has 1 heterocycles. The summed E-state index contributed by atoms with van der Waals surface area (Å²) in [4.78, 5) is 16.1. The molecular weight excluding hydrogens is 363 g/mol. The lowest BCUT2D eigenvalue weighted by atomic mass is 9.84. The monoisotopic (exact) mass is 383 g/mol. The predicted octanol–water partition coefficient (Wildman–Crippen LogP) is 3.75. The van der Waals surface area contributed by atoms with Gasteiger partial charge in [-0.1, -0.05) is 19.3 Å². The van der Waals surface area contributed by atoms with E-state index < -0.39 is 11.4 Å². The molecule has 1 aromatic heterocycles. The van der Waals surface area contributed by atoms with Crippen LogP contribution in [0.5, 0.6) is 0 Å². The van der Waals surface area contributed by atoms with Crippen molar-refractivity contribution in [3.63, 3.8) is 0 Å². The Labute approximate surface area is 149 Å². The van der Waals surface area contributed by atoms with Crippen LogP contribution in [0, 0.1) is 5.92 Å². The van der Waals surface area contributed by atoms with Crippen LogP contribution >= 0.6 is 24.2 Å². The minimum Gasteiger partial charge on any atom is -0.348 e. The van der Waals surface area contributed by atoms with Crippen LogP contribution in [0.4, 0.5) is 13.2 Å². The number of hydrogen-bond acceptors (Lipinski definition) is 4. The Bertz CT molecular complexity index is 539. The molecule has 4 nitrogen and oxygen atoms in total. The molecule has 1 aromatic rings. The minimum atomic E-state index is -4.49. The maximum Gasteiger partial charge on any atom is 0.447 e. The van der Waals surface area contributed by atoms with Gasteiger partial charge in [-0.05, 0) is 30.9 Å². The number of aromatic nitrogens is 1. The molecule has 1 unspecified atom stereocenters. The number of rotatable bonds is 5. The van der Waals surface area contributed by atoms with Gasteiger partial charge in [0.1, 0.15) is 5.03 Å². The highest BCUT2D eigenvalue weighted by molar-refractivity contribution is 8.00. The smallest absolute Gasteiger partial charge is 0.348 e. The third-order valence-corrected chi connectivity index (χ3v) is 4.77. The van der Waals surface area contributed by atoms with E-state index in [0.29, 0.717) is 0 Å². The lowest BCUT2D eigenvalue weighted by molar-refractivity contribution is -0.0329. The maximum absolute atomic E-state index is 12.6. The SMILES string of the molecule is Cl.NCC(NC(=O)c1cccnc1SC(F)(F)F)C1CCCCC1. The molecule has 1 amide bonds. The quantitative estimate of drug-likeness (QED) is 0.760. The number of hydrogen-bond donors (Lipinski definition) is 2. The zero-order valence-electron chi connectivity index (χ0n) is 13.0. The topological polar surface area (TPSA) is 68.0 Å². The summed E-state index contributed by atoms with van der Waals surface area (Å²) in [5.41, 5.74) is 1.20. The molecular formula is C15H21ClF3N3OS. The highest BCUT2D eigenvalue weighted by atomic mass is 35.5. The second-order valence-corrected chi connectivity index (χ2v) is 6.67. The molecule has 0 saturated heterocycles. The van der Waals surface area contributed by atoms with Gasteiger partial charge in [0, 0.05) is 30.5 Å². The van der Waals surface area contributed by atoms with Gasteiger partial charge in [-0.25, -0.2) is 4.98 Å². The number of carbonyl (C=O) groups excluding carboxylic acids is 1. The number of pyridine rings is 1. The van der Waals surface area contributed by atoms with Crippen molar-refractivity contribution in [2.24, 2.45) is 11.7 Å². The summed E-state index contributed by atoms with van der Waals surface area (Å²) in [6.07, 6.45) is 6.58. The summed E-state index contributed by atoms with van der Waals surface area (Å²) in [6.45, 7) is 0.276. The standard InChI is InChI=1S/C15H20F3N3OS.ClH/c16-15(17,18)23-14-11(7-4-8-20-14)13(22)21-12(9-19)10-5-2-1-3-6-10;/h4,7-8,10,12H,1-3,5-6,9,19H2,(H,21,22);1H. The maximum atomic E-state index is 12.6. The molecule has 1 aliphatic carbocycles. The van der Waals surface area contributed by atoms with Crippen LogP contribution in [0.2, 0.25) is 0 Å². The largest absolute Gasteiger partial charge is 0.447 e. The number of alkyl halides is 3. The Kier molecular flexibility index (Phi) is 8.32. The Morgan fingerprint density at radius 3 is 2.62 bits per heavy atom. The van der Waals surface area contributed by atoms with Gasteiger partial charge in [0.2, 0.25) is 0 Å². The fourth-order valence-corrected chi connectivity index (χ4v) is 3.51. The summed E-state index contributed by atoms with van der Waals surface area (Å²) in [5, 5.41) is 2.46. The fraction of sp³-hybridized carbons (Fsp3) is 0.600. The van der Waals surface area contributed by atoms with Gasteiger partial charge in [-0.2, -0.15) is 13.2 Å². The molecule has 1 fully saturated rings. The lowest BCUT2D eigenvalue weighted by Crippen LogP contribution is -2.46. The Balaban J connectivity index is 0.00000288. The van der Waals surface area contributed by atoms with Crippen LogP contribution in [-0.4, -0.2) is 29.0 Å². The van der Waals surface area contributed by atoms with E-state index in [0.717, 1.165) is 25.7 Å². The number of carbonyl (C=O) groups is 1. The molecule has 2 rings (SSSR count). The van der Waals surface area contributed by atoms with Crippen molar-refractivity contribution in [3.8, 4) is 0 Å². The molecule has 3 N–H and O–H groups in total. The molecule has 9 heteroatoms. The van der Waals surface area contributed by atoms with E-state index in [-0.39, 0.29) is 53.3 Å². The summed E-state index contributed by atoms with van der Waals surface area (Å²) >= 11 is -0.377. The molecule has 1 saturated carbocycles. The highest BCUT2D eigenvalue weighted by Crippen LogP contribution is 2.37. The van der Waals surface area contributed by atoms with Gasteiger partial charge < -0.3 is 11.1 Å². The van der Waals surface area contributed by atoms with Crippen LogP contribution in [0.25, 0.3) is 0 Å². The summed E-state index contributed by atoms with van der Waals surface area (Å²) < 4.78 is 37.7. The van der Waals surface area contributed by atoms with Crippen molar-refractivity contribution in [3.05, 3.63) is 23.9 Å². The van der Waals surface area contributed by atoms with Crippen molar-refractivity contribution in [1.29, 1.82) is 0 Å². The van der Waals surface area contributed by atoms with Crippen molar-refractivity contribution in [1.82, 2.24) is 10.3 Å². The van der Waals surface area contributed by atoms with E-state index in [9.17, 15) is 18.0 Å². The molecule has 0 radical (unpaired) electrons. The lowest BCUT2D eigenvalue weighted by Gasteiger charge is -2.30. The van der Waals surface area contributed by atoms with Crippen molar-refractivity contribution < 1.29 is 18.0 Å². The van der Waals surface area contributed by atoms with Crippen molar-refractivity contribution in [2.45, 2.75) is 48.7 Å². The third kappa shape index (κ3) is 6.14. The van der Waals surface area contributed by atoms with Gasteiger partial charge in [0.05, 0.1) is 5.56 Å². The summed E-state index contributed by atoms with van der Waals surface area (Å²) in [5.74, 6) is -0.265. The first-order valence-electron chi connectivity index (χ1n) is 7.62. The molecule has 24 heavy (non-hydrogen) atoms. The number of nitrogens with two attached hydrogens (primary N) is 1. The normalized spacial score (nSPS) is 17.0. The second-order valence-electron chi connectivity index (χ2n) is 5.62. The Morgan fingerprint density at radius 2 is 2.04 bits per heavy atom. The zero-order valence-corrected chi connectivity index (χ0v) is 14.6. The molecule has 0 bridgehead atoms. The average molecular weight is 384 g/mol. The van der Waals surface area contributed by atoms with E-state index in [2.05, 4.69) is 10.3 Å². The number of amides is 1. The first kappa shape index (κ1) is 21.1. The zero-order chi connectivity index (χ0) is 16.9. The first-order chi connectivity index (χ1) is 10.9. The number of nitrogens with one attached hydrogen (secondary N) is 1. The number of thioether (sulfide) groups is 1. The molecule has 0 aliphatic heterocycles. The van der Waals surface area contributed by atoms with E-state index in [1.54, 1.807) is 0 Å². The van der Waals surface area contributed by atoms with Gasteiger partial charge in [0.25, 0.3) is 5.91 Å². The highest BCUT2D eigenvalue weighted by Gasteiger charge is 2.33. The Hall–Kier alpha value is -0.990. The number of nitrogens with zero attached hydrogens (tertiary/aromatic N) is 1. The fourth-order valence-electron chi connectivity index (χ4n) is 2.91. The molecule has 0 aromatic carbocycles. The minimum absolute atomic E-state index is 0. The third-order valence-electron chi connectivity index (χ3n) is 4.02. The average Bonchev–Trinajstić information content (AvgIpc) is 2.52. The molecule has 1 aliphatic rings. The van der Waals surface area contributed by atoms with Gasteiger partial charge in [-0.15, -0.1) is 12.4 Å². The van der Waals surface area contributed by atoms with Crippen LogP contribution in [0.1, 0.15) is 42.5 Å². The Morgan fingerprint density at radius 1 is 1.38 bits per heavy atom. The van der Waals surface area contributed by atoms with Crippen molar-refractivity contribution in [2.75, 3.05) is 6.54 Å². The summed E-state index contributed by atoms with van der Waals surface area (Å²) in [6, 6.07) is 2.59. The van der Waals surface area contributed by atoms with E-state index in [1.165, 1.54) is 24.8 Å². The molecule has 136 valence electrons. The van der Waals surface area contributed by atoms with Gasteiger partial charge >= 0.3 is 5.51 Å². The van der Waals surface area contributed by atoms with Crippen LogP contribution < -0.4 is 11.1 Å². The van der Waals surface area contributed by atoms with E-state index >= 15 is 0 Å². The predicted molar refractivity (Wildman–Crippen MR) is 90.3 cm³/mol. The van der Waals surface area contributed by atoms with Crippen molar-refractivity contribution >= 4 is 30.1 Å². The van der Waals surface area contributed by atoms with Crippen LogP contribution in [0.3, 0.4) is 0 Å². The van der Waals surface area contributed by atoms with E-state index in [4.69, 9.17) is 5.73 Å². The van der Waals surface area contributed by atoms with E-state index in [1.807, 2.05) is 0 Å². The van der Waals surface area contributed by atoms with Crippen LogP contribution in [0.15, 0.2) is 23.4 Å². The van der Waals surface area contributed by atoms with Gasteiger partial charge in [-0.3, -0.25) is 4.79 Å². The van der Waals surface area contributed by atoms with Gasteiger partial charge in [0.15, 0.2) is 0 Å². The summed E-state index contributed by atoms with van der Waals surface area (Å²) in [7, 11) is 0. The first-order valence-corrected chi connectivity index (χ1v) is 8.44. The molecule has 0 spiro atoms. The van der Waals surface area contributed by atoms with Crippen LogP contribution in [-0.2, 0) is 0 Å². The second kappa shape index (κ2) is 9.48. The number of halogens is 4. The molecule has 1 atom stereocenters.